The number of carboxylic acids is 1. The SMILES string of the molecule is O=C([O-])C(F)(F)F.O=C(c1cc(S(=O)(=O)c2ccccc2)c(NCc2ccncc2)cc1N1CCCCC1)N1CC[NH2+]CC1. The van der Waals surface area contributed by atoms with Crippen molar-refractivity contribution in [2.24, 2.45) is 0 Å². The van der Waals surface area contributed by atoms with Crippen LogP contribution in [0.1, 0.15) is 35.2 Å². The van der Waals surface area contributed by atoms with Crippen molar-refractivity contribution in [2.75, 3.05) is 49.5 Å². The monoisotopic (exact) mass is 633 g/mol. The van der Waals surface area contributed by atoms with Gasteiger partial charge in [0.05, 0.1) is 52.9 Å². The zero-order valence-electron chi connectivity index (χ0n) is 23.9. The van der Waals surface area contributed by atoms with Crippen molar-refractivity contribution >= 4 is 33.1 Å². The van der Waals surface area contributed by atoms with Gasteiger partial charge in [-0.3, -0.25) is 9.78 Å². The highest BCUT2D eigenvalue weighted by atomic mass is 32.2. The maximum Gasteiger partial charge on any atom is 0.430 e. The number of nitrogens with one attached hydrogen (secondary N) is 1. The third-order valence-corrected chi connectivity index (χ3v) is 9.13. The van der Waals surface area contributed by atoms with Crippen LogP contribution in [0, 0.1) is 0 Å². The minimum atomic E-state index is -5.19. The number of pyridine rings is 1. The number of hydrogen-bond donors (Lipinski definition) is 2. The van der Waals surface area contributed by atoms with E-state index in [0.717, 1.165) is 56.7 Å². The van der Waals surface area contributed by atoms with Crippen LogP contribution < -0.4 is 20.6 Å². The van der Waals surface area contributed by atoms with Crippen molar-refractivity contribution in [3.63, 3.8) is 0 Å². The van der Waals surface area contributed by atoms with Crippen LogP contribution in [0.5, 0.6) is 0 Å². The Morgan fingerprint density at radius 3 is 2.14 bits per heavy atom. The molecule has 0 radical (unpaired) electrons. The van der Waals surface area contributed by atoms with Gasteiger partial charge in [-0.15, -0.1) is 0 Å². The lowest BCUT2D eigenvalue weighted by Gasteiger charge is -2.33. The first-order valence-corrected chi connectivity index (χ1v) is 15.7. The number of hydrogen-bond acceptors (Lipinski definition) is 8. The molecular weight excluding hydrogens is 599 g/mol. The van der Waals surface area contributed by atoms with Crippen LogP contribution in [-0.2, 0) is 21.2 Å². The summed E-state index contributed by atoms with van der Waals surface area (Å²) < 4.78 is 59.4. The molecule has 14 heteroatoms. The molecule has 1 amide bonds. The second-order valence-electron chi connectivity index (χ2n) is 10.4. The number of amides is 1. The first kappa shape index (κ1) is 32.7. The Kier molecular flexibility index (Phi) is 10.8. The molecular formula is C30H34F3N5O5S. The number of carbonyl (C=O) groups is 2. The van der Waals surface area contributed by atoms with Gasteiger partial charge in [0.25, 0.3) is 5.91 Å². The van der Waals surface area contributed by atoms with Crippen LogP contribution in [0.4, 0.5) is 24.5 Å². The minimum absolute atomic E-state index is 0.0983. The van der Waals surface area contributed by atoms with Gasteiger partial charge in [0, 0.05) is 32.0 Å². The van der Waals surface area contributed by atoms with E-state index in [4.69, 9.17) is 9.90 Å². The van der Waals surface area contributed by atoms with Crippen LogP contribution >= 0.6 is 0 Å². The average molecular weight is 634 g/mol. The number of carbonyl (C=O) groups excluding carboxylic acids is 2. The van der Waals surface area contributed by atoms with Crippen LogP contribution in [0.3, 0.4) is 0 Å². The van der Waals surface area contributed by atoms with Gasteiger partial charge in [-0.25, -0.2) is 8.42 Å². The fraction of sp³-hybridized carbons (Fsp3) is 0.367. The average Bonchev–Trinajstić information content (AvgIpc) is 3.04. The lowest BCUT2D eigenvalue weighted by molar-refractivity contribution is -0.661. The molecule has 2 aliphatic heterocycles. The third kappa shape index (κ3) is 8.26. The highest BCUT2D eigenvalue weighted by Crippen LogP contribution is 2.36. The molecule has 0 spiro atoms. The van der Waals surface area contributed by atoms with Crippen molar-refractivity contribution in [1.82, 2.24) is 9.88 Å². The van der Waals surface area contributed by atoms with Gasteiger partial charge in [0.15, 0.2) is 0 Å². The third-order valence-electron chi connectivity index (χ3n) is 7.33. The molecule has 0 bridgehead atoms. The summed E-state index contributed by atoms with van der Waals surface area (Å²) in [5.41, 5.74) is 2.77. The van der Waals surface area contributed by atoms with E-state index >= 15 is 0 Å². The first-order valence-electron chi connectivity index (χ1n) is 14.2. The molecule has 2 saturated heterocycles. The standard InChI is InChI=1S/C28H33N5O3S.C2HF3O2/c34-28(33-17-13-30-14-18-33)24-19-27(37(35,36)23-7-3-1-4-8-23)25(31-21-22-9-11-29-12-10-22)20-26(24)32-15-5-2-6-16-32;3-2(4,5)1(6)7/h1,3-4,7-12,19-20,30-31H,2,5-6,13-18,21H2;(H,6,7). The fourth-order valence-corrected chi connectivity index (χ4v) is 6.51. The highest BCUT2D eigenvalue weighted by Gasteiger charge is 2.31. The maximum atomic E-state index is 13.9. The second-order valence-corrected chi connectivity index (χ2v) is 12.3. The molecule has 3 heterocycles. The van der Waals surface area contributed by atoms with E-state index in [1.54, 1.807) is 48.8 Å². The normalized spacial score (nSPS) is 15.6. The van der Waals surface area contributed by atoms with E-state index in [9.17, 15) is 26.4 Å². The number of alkyl halides is 3. The molecule has 10 nitrogen and oxygen atoms in total. The Balaban J connectivity index is 0.000000566. The number of aliphatic carboxylic acids is 1. The predicted molar refractivity (Wildman–Crippen MR) is 155 cm³/mol. The van der Waals surface area contributed by atoms with E-state index < -0.39 is 22.0 Å². The number of nitrogens with two attached hydrogens (primary N) is 1. The number of benzene rings is 2. The number of carboxylic acid groups (broad SMARTS) is 1. The van der Waals surface area contributed by atoms with E-state index in [1.165, 1.54) is 0 Å². The lowest BCUT2D eigenvalue weighted by Crippen LogP contribution is -2.89. The van der Waals surface area contributed by atoms with Crippen molar-refractivity contribution in [2.45, 2.75) is 41.8 Å². The van der Waals surface area contributed by atoms with Crippen LogP contribution in [0.2, 0.25) is 0 Å². The number of halogens is 3. The summed E-state index contributed by atoms with van der Waals surface area (Å²) in [6.45, 7) is 5.15. The van der Waals surface area contributed by atoms with Crippen LogP contribution in [-0.4, -0.2) is 75.6 Å². The zero-order valence-corrected chi connectivity index (χ0v) is 24.7. The summed E-state index contributed by atoms with van der Waals surface area (Å²) in [6.07, 6.45) is 1.51. The van der Waals surface area contributed by atoms with E-state index in [0.29, 0.717) is 30.9 Å². The molecule has 0 aliphatic carbocycles. The van der Waals surface area contributed by atoms with Gasteiger partial charge in [-0.1, -0.05) is 18.2 Å². The van der Waals surface area contributed by atoms with Gasteiger partial charge in [0.2, 0.25) is 9.84 Å². The Morgan fingerprint density at radius 1 is 0.932 bits per heavy atom. The molecule has 2 aliphatic rings. The van der Waals surface area contributed by atoms with Crippen molar-refractivity contribution < 1.29 is 41.6 Å². The minimum Gasteiger partial charge on any atom is -0.542 e. The maximum absolute atomic E-state index is 13.9. The molecule has 2 aromatic carbocycles. The van der Waals surface area contributed by atoms with Gasteiger partial charge < -0.3 is 30.3 Å². The summed E-state index contributed by atoms with van der Waals surface area (Å²) >= 11 is 0. The number of anilines is 2. The lowest BCUT2D eigenvalue weighted by atomic mass is 10.0. The first-order chi connectivity index (χ1) is 21.0. The largest absolute Gasteiger partial charge is 0.542 e. The number of nitrogens with zero attached hydrogens (tertiary/aromatic N) is 3. The van der Waals surface area contributed by atoms with Crippen LogP contribution in [0.25, 0.3) is 0 Å². The number of piperazine rings is 1. The molecule has 0 unspecified atom stereocenters. The van der Waals surface area contributed by atoms with E-state index in [-0.39, 0.29) is 15.7 Å². The number of piperidine rings is 1. The van der Waals surface area contributed by atoms with Crippen molar-refractivity contribution in [1.29, 1.82) is 0 Å². The number of rotatable bonds is 7. The van der Waals surface area contributed by atoms with Gasteiger partial charge in [-0.2, -0.15) is 13.2 Å². The highest BCUT2D eigenvalue weighted by molar-refractivity contribution is 7.91. The fourth-order valence-electron chi connectivity index (χ4n) is 5.04. The van der Waals surface area contributed by atoms with E-state index in [1.807, 2.05) is 23.1 Å². The topological polar surface area (TPSA) is 139 Å². The molecule has 236 valence electrons. The molecule has 0 atom stereocenters. The van der Waals surface area contributed by atoms with Crippen molar-refractivity contribution in [3.8, 4) is 0 Å². The number of quaternary nitrogens is 1. The predicted octanol–water partition coefficient (Wildman–Crippen LogP) is 1.83. The zero-order chi connectivity index (χ0) is 31.7. The molecule has 2 fully saturated rings. The Labute approximate surface area is 253 Å². The summed E-state index contributed by atoms with van der Waals surface area (Å²) in [7, 11) is -3.88. The Morgan fingerprint density at radius 2 is 1.55 bits per heavy atom. The van der Waals surface area contributed by atoms with Gasteiger partial charge in [-0.05, 0) is 61.2 Å². The molecule has 5 rings (SSSR count). The summed E-state index contributed by atoms with van der Waals surface area (Å²) in [4.78, 5) is 31.1. The molecule has 3 N–H and O–H groups in total. The van der Waals surface area contributed by atoms with Crippen LogP contribution in [0.15, 0.2) is 76.8 Å². The van der Waals surface area contributed by atoms with Gasteiger partial charge >= 0.3 is 6.18 Å². The summed E-state index contributed by atoms with van der Waals surface area (Å²) in [6, 6.07) is 15.7. The van der Waals surface area contributed by atoms with Crippen molar-refractivity contribution in [3.05, 3.63) is 78.1 Å². The summed E-state index contributed by atoms with van der Waals surface area (Å²) in [5, 5.41) is 14.4. The molecule has 0 saturated carbocycles. The van der Waals surface area contributed by atoms with E-state index in [2.05, 4.69) is 20.5 Å². The summed E-state index contributed by atoms with van der Waals surface area (Å²) in [5.74, 6) is -3.11. The van der Waals surface area contributed by atoms with Gasteiger partial charge in [0.1, 0.15) is 5.97 Å². The molecule has 3 aromatic rings. The number of sulfone groups is 1. The smallest absolute Gasteiger partial charge is 0.430 e. The Hall–Kier alpha value is -4.17. The molecule has 44 heavy (non-hydrogen) atoms. The second kappa shape index (κ2) is 14.5. The quantitative estimate of drug-likeness (QED) is 0.402. The number of aromatic nitrogens is 1. The Bertz CT molecular complexity index is 1530. The molecule has 1 aromatic heterocycles.